The van der Waals surface area contributed by atoms with E-state index in [2.05, 4.69) is 5.32 Å². The summed E-state index contributed by atoms with van der Waals surface area (Å²) in [6, 6.07) is 3.58. The number of halogens is 1. The first kappa shape index (κ1) is 16.6. The summed E-state index contributed by atoms with van der Waals surface area (Å²) in [7, 11) is 0. The van der Waals surface area contributed by atoms with Crippen molar-refractivity contribution in [1.29, 1.82) is 0 Å². The lowest BCUT2D eigenvalue weighted by Crippen LogP contribution is -2.35. The highest BCUT2D eigenvalue weighted by molar-refractivity contribution is 6.32. The number of fused-ring (bicyclic) bond motifs is 1. The second-order valence-electron chi connectivity index (χ2n) is 5.73. The molecular formula is C17H18ClNO5. The van der Waals surface area contributed by atoms with Crippen LogP contribution in [0.2, 0.25) is 5.02 Å². The van der Waals surface area contributed by atoms with E-state index >= 15 is 0 Å². The van der Waals surface area contributed by atoms with Gasteiger partial charge < -0.3 is 19.5 Å². The van der Waals surface area contributed by atoms with Gasteiger partial charge in [0.05, 0.1) is 5.02 Å². The zero-order chi connectivity index (χ0) is 16.9. The molecule has 1 N–H and O–H groups in total. The highest BCUT2D eigenvalue weighted by Crippen LogP contribution is 2.40. The average Bonchev–Trinajstić information content (AvgIpc) is 3.22. The van der Waals surface area contributed by atoms with E-state index in [1.54, 1.807) is 18.2 Å². The Labute approximate surface area is 144 Å². The SMILES string of the molecule is O=C(COC(=O)/C=C/c1cc(Cl)c2c(c1)OCO2)NC1CCCC1. The smallest absolute Gasteiger partial charge is 0.331 e. The van der Waals surface area contributed by atoms with E-state index < -0.39 is 5.97 Å². The summed E-state index contributed by atoms with van der Waals surface area (Å²) in [5.41, 5.74) is 0.677. The monoisotopic (exact) mass is 351 g/mol. The Bertz CT molecular complexity index is 667. The molecule has 1 heterocycles. The Hall–Kier alpha value is -2.21. The standard InChI is InChI=1S/C17H18ClNO5/c18-13-7-11(8-14-17(13)24-10-23-14)5-6-16(21)22-9-15(20)19-12-3-1-2-4-12/h5-8,12H,1-4,9-10H2,(H,19,20)/b6-5+. The lowest BCUT2D eigenvalue weighted by Gasteiger charge is -2.11. The van der Waals surface area contributed by atoms with E-state index in [4.69, 9.17) is 25.8 Å². The molecule has 1 aromatic rings. The van der Waals surface area contributed by atoms with E-state index in [1.807, 2.05) is 0 Å². The maximum Gasteiger partial charge on any atom is 0.331 e. The lowest BCUT2D eigenvalue weighted by atomic mass is 10.2. The zero-order valence-corrected chi connectivity index (χ0v) is 13.8. The van der Waals surface area contributed by atoms with E-state index in [0.29, 0.717) is 22.1 Å². The van der Waals surface area contributed by atoms with Crippen molar-refractivity contribution in [3.8, 4) is 11.5 Å². The summed E-state index contributed by atoms with van der Waals surface area (Å²) in [6.45, 7) is -0.151. The minimum absolute atomic E-state index is 0.125. The van der Waals surface area contributed by atoms with E-state index in [9.17, 15) is 9.59 Å². The number of nitrogens with one attached hydrogen (secondary N) is 1. The van der Waals surface area contributed by atoms with Gasteiger partial charge >= 0.3 is 5.97 Å². The van der Waals surface area contributed by atoms with Gasteiger partial charge in [0, 0.05) is 12.1 Å². The highest BCUT2D eigenvalue weighted by Gasteiger charge is 2.18. The van der Waals surface area contributed by atoms with E-state index in [0.717, 1.165) is 25.7 Å². The number of hydrogen-bond donors (Lipinski definition) is 1. The molecule has 1 saturated carbocycles. The van der Waals surface area contributed by atoms with Crippen molar-refractivity contribution in [3.05, 3.63) is 28.8 Å². The summed E-state index contributed by atoms with van der Waals surface area (Å²) in [5.74, 6) is 0.173. The maximum atomic E-state index is 11.7. The average molecular weight is 352 g/mol. The number of amides is 1. The summed E-state index contributed by atoms with van der Waals surface area (Å²) >= 11 is 6.07. The van der Waals surface area contributed by atoms with Crippen LogP contribution in [0.1, 0.15) is 31.2 Å². The van der Waals surface area contributed by atoms with Gasteiger partial charge in [0.1, 0.15) is 0 Å². The third-order valence-corrected chi connectivity index (χ3v) is 4.21. The fourth-order valence-corrected chi connectivity index (χ4v) is 3.05. The zero-order valence-electron chi connectivity index (χ0n) is 13.0. The first-order chi connectivity index (χ1) is 11.6. The van der Waals surface area contributed by atoms with Gasteiger partial charge in [-0.3, -0.25) is 4.79 Å². The molecule has 0 atom stereocenters. The van der Waals surface area contributed by atoms with Crippen LogP contribution in [-0.4, -0.2) is 31.3 Å². The quantitative estimate of drug-likeness (QED) is 0.652. The molecule has 1 aliphatic heterocycles. The molecule has 6 nitrogen and oxygen atoms in total. The first-order valence-electron chi connectivity index (χ1n) is 7.85. The molecular weight excluding hydrogens is 334 g/mol. The Kier molecular flexibility index (Phi) is 5.25. The molecule has 1 amide bonds. The van der Waals surface area contributed by atoms with Crippen molar-refractivity contribution in [2.45, 2.75) is 31.7 Å². The Morgan fingerprint density at radius 1 is 1.29 bits per heavy atom. The van der Waals surface area contributed by atoms with Crippen molar-refractivity contribution in [3.63, 3.8) is 0 Å². The first-order valence-corrected chi connectivity index (χ1v) is 8.23. The minimum Gasteiger partial charge on any atom is -0.454 e. The normalized spacial score (nSPS) is 16.5. The molecule has 0 aromatic heterocycles. The molecule has 0 saturated heterocycles. The Balaban J connectivity index is 1.48. The second-order valence-corrected chi connectivity index (χ2v) is 6.13. The van der Waals surface area contributed by atoms with E-state index in [-0.39, 0.29) is 25.3 Å². The van der Waals surface area contributed by atoms with Gasteiger partial charge in [-0.1, -0.05) is 24.4 Å². The van der Waals surface area contributed by atoms with Crippen molar-refractivity contribution in [2.75, 3.05) is 13.4 Å². The largest absolute Gasteiger partial charge is 0.454 e. The lowest BCUT2D eigenvalue weighted by molar-refractivity contribution is -0.144. The number of benzene rings is 1. The third kappa shape index (κ3) is 4.20. The minimum atomic E-state index is -0.592. The number of rotatable bonds is 5. The topological polar surface area (TPSA) is 73.9 Å². The molecule has 7 heteroatoms. The molecule has 3 rings (SSSR count). The fraction of sp³-hybridized carbons (Fsp3) is 0.412. The van der Waals surface area contributed by atoms with Gasteiger partial charge in [0.2, 0.25) is 6.79 Å². The molecule has 1 aromatic carbocycles. The molecule has 1 aliphatic carbocycles. The fourth-order valence-electron chi connectivity index (χ4n) is 2.77. The number of carbonyl (C=O) groups is 2. The summed E-state index contributed by atoms with van der Waals surface area (Å²) in [6.07, 6.45) is 7.04. The predicted molar refractivity (Wildman–Crippen MR) is 88.0 cm³/mol. The van der Waals surface area contributed by atoms with Gasteiger partial charge in [-0.05, 0) is 36.6 Å². The van der Waals surface area contributed by atoms with Crippen LogP contribution >= 0.6 is 11.6 Å². The third-order valence-electron chi connectivity index (χ3n) is 3.93. The molecule has 0 spiro atoms. The van der Waals surface area contributed by atoms with Gasteiger partial charge in [-0.2, -0.15) is 0 Å². The van der Waals surface area contributed by atoms with Crippen LogP contribution in [0.4, 0.5) is 0 Å². The van der Waals surface area contributed by atoms with Crippen LogP contribution < -0.4 is 14.8 Å². The van der Waals surface area contributed by atoms with Crippen LogP contribution in [0.5, 0.6) is 11.5 Å². The molecule has 2 aliphatic rings. The van der Waals surface area contributed by atoms with Crippen LogP contribution in [0, 0.1) is 0 Å². The van der Waals surface area contributed by atoms with Gasteiger partial charge in [0.25, 0.3) is 5.91 Å². The molecule has 0 bridgehead atoms. The number of hydrogen-bond acceptors (Lipinski definition) is 5. The number of carbonyl (C=O) groups excluding carboxylic acids is 2. The van der Waals surface area contributed by atoms with Crippen molar-refractivity contribution >= 4 is 29.6 Å². The molecule has 24 heavy (non-hydrogen) atoms. The molecule has 128 valence electrons. The van der Waals surface area contributed by atoms with Crippen LogP contribution in [0.3, 0.4) is 0 Å². The van der Waals surface area contributed by atoms with Crippen LogP contribution in [0.15, 0.2) is 18.2 Å². The second kappa shape index (κ2) is 7.57. The predicted octanol–water partition coefficient (Wildman–Crippen LogP) is 2.68. The highest BCUT2D eigenvalue weighted by atomic mass is 35.5. The summed E-state index contributed by atoms with van der Waals surface area (Å²) in [4.78, 5) is 23.4. The van der Waals surface area contributed by atoms with Gasteiger partial charge in [0.15, 0.2) is 18.1 Å². The van der Waals surface area contributed by atoms with Crippen molar-refractivity contribution in [1.82, 2.24) is 5.32 Å². The van der Waals surface area contributed by atoms with Crippen LogP contribution in [0.25, 0.3) is 6.08 Å². The van der Waals surface area contributed by atoms with Crippen molar-refractivity contribution in [2.24, 2.45) is 0 Å². The molecule has 0 unspecified atom stereocenters. The van der Waals surface area contributed by atoms with Gasteiger partial charge in [-0.15, -0.1) is 0 Å². The van der Waals surface area contributed by atoms with E-state index in [1.165, 1.54) is 6.08 Å². The molecule has 0 radical (unpaired) electrons. The maximum absolute atomic E-state index is 11.7. The number of ether oxygens (including phenoxy) is 3. The molecule has 1 fully saturated rings. The number of esters is 1. The summed E-state index contributed by atoms with van der Waals surface area (Å²) in [5, 5.41) is 3.27. The van der Waals surface area contributed by atoms with Crippen molar-refractivity contribution < 1.29 is 23.8 Å². The Morgan fingerprint density at radius 3 is 2.88 bits per heavy atom. The summed E-state index contributed by atoms with van der Waals surface area (Å²) < 4.78 is 15.4. The van der Waals surface area contributed by atoms with Crippen LogP contribution in [-0.2, 0) is 14.3 Å². The van der Waals surface area contributed by atoms with Gasteiger partial charge in [-0.25, -0.2) is 4.79 Å². The Morgan fingerprint density at radius 2 is 2.08 bits per heavy atom.